The maximum Gasteiger partial charge on any atom is 0.472 e. The molecule has 0 radical (unpaired) electrons. The molecule has 5 heterocycles. The fourth-order valence-electron chi connectivity index (χ4n) is 6.59. The van der Waals surface area contributed by atoms with Crippen LogP contribution in [0.4, 0.5) is 22.1 Å². The number of aliphatic hydroxyl groups excluding tert-OH is 1. The maximum absolute atomic E-state index is 13.4. The Morgan fingerprint density at radius 2 is 1.81 bits per heavy atom. The van der Waals surface area contributed by atoms with E-state index in [2.05, 4.69) is 39.8 Å². The van der Waals surface area contributed by atoms with Crippen molar-refractivity contribution >= 4 is 56.2 Å². The summed E-state index contributed by atoms with van der Waals surface area (Å²) in [6, 6.07) is 6.58. The van der Waals surface area contributed by atoms with Gasteiger partial charge in [-0.25, -0.2) is 33.7 Å². The van der Waals surface area contributed by atoms with Crippen LogP contribution < -0.4 is 28.2 Å². The van der Waals surface area contributed by atoms with E-state index in [9.17, 15) is 43.3 Å². The molecule has 31 heteroatoms. The summed E-state index contributed by atoms with van der Waals surface area (Å²) in [6.45, 7) is -1.73. The van der Waals surface area contributed by atoms with Gasteiger partial charge in [-0.15, -0.1) is 0 Å². The zero-order chi connectivity index (χ0) is 46.2. The van der Waals surface area contributed by atoms with Gasteiger partial charge in [0.1, 0.15) is 61.0 Å². The van der Waals surface area contributed by atoms with Gasteiger partial charge in [0.2, 0.25) is 0 Å². The second-order valence-corrected chi connectivity index (χ2v) is 16.7. The Balaban J connectivity index is 1.08. The lowest BCUT2D eigenvalue weighted by Crippen LogP contribution is -2.43. The number of nitrogen functional groups attached to an aromatic ring is 2. The number of anilines is 2. The van der Waals surface area contributed by atoms with E-state index in [1.165, 1.54) is 23.2 Å². The smallest absolute Gasteiger partial charge is 0.455 e. The zero-order valence-corrected chi connectivity index (χ0v) is 35.0. The van der Waals surface area contributed by atoms with E-state index in [-0.39, 0.29) is 48.8 Å². The van der Waals surface area contributed by atoms with Gasteiger partial charge in [-0.3, -0.25) is 27.5 Å². The van der Waals surface area contributed by atoms with Gasteiger partial charge in [-0.1, -0.05) is 29.4 Å². The number of aliphatic hydroxyl groups is 1. The second kappa shape index (κ2) is 20.9. The molecule has 0 aliphatic carbocycles. The van der Waals surface area contributed by atoms with Gasteiger partial charge in [-0.05, 0) is 36.4 Å². The number of nitrogens with one attached hydrogen (secondary N) is 1. The monoisotopic (exact) mass is 939 g/mol. The molecule has 0 spiro atoms. The minimum Gasteiger partial charge on any atom is -0.455 e. The number of azide groups is 1. The minimum atomic E-state index is -5.20. The van der Waals surface area contributed by atoms with Crippen molar-refractivity contribution in [3.05, 3.63) is 75.7 Å². The molecular formula is C33H43N13O16P2. The Hall–Kier alpha value is -5.64. The average molecular weight is 940 g/mol. The lowest BCUT2D eigenvalue weighted by molar-refractivity contribution is -0.158. The number of rotatable bonds is 20. The Morgan fingerprint density at radius 1 is 1.05 bits per heavy atom. The normalized spacial score (nSPS) is 23.5. The predicted molar refractivity (Wildman–Crippen MR) is 215 cm³/mol. The molecule has 29 nitrogen and oxygen atoms in total. The van der Waals surface area contributed by atoms with Crippen molar-refractivity contribution in [3.63, 3.8) is 0 Å². The number of hydrogen-bond donors (Lipinski definition) is 8. The predicted octanol–water partition coefficient (Wildman–Crippen LogP) is 0.683. The number of alkyl carbamates (subject to hydrolysis) is 1. The first-order chi connectivity index (χ1) is 30.4. The van der Waals surface area contributed by atoms with E-state index in [1.54, 1.807) is 24.3 Å². The average Bonchev–Trinajstić information content (AvgIpc) is 3.93. The standard InChI is InChI=1S/C33H43N13O16P2/c34-18(6-3-4-9-38-33(50)56-12-17-5-1-2-7-19(17)43-44-37)31(48)61-27-22(60-30(26(27)47)46-16-41-25-28(36)39-15-40-29(25)46)14-58-64(54,55)62-20-11-24(45-10-8-23(35)42-32(45)49)59-21(20)13-57-63(51,52)53/h1-2,5,7-8,10,15-16,18,20-22,24,26-27,30,47H,3-4,6,9,11-14,34H2,(H,38,50)(H,54,55)(H2,35,42,49)(H2,36,39,40)(H2,51,52,53)/t18?,20-,21-,22+,24+,26+,27+,30+/m0/s1. The number of unbranched alkanes of at least 4 members (excludes halogenated alkanes) is 1. The van der Waals surface area contributed by atoms with Crippen molar-refractivity contribution in [2.24, 2.45) is 10.8 Å². The van der Waals surface area contributed by atoms with E-state index in [4.69, 9.17) is 50.7 Å². The van der Waals surface area contributed by atoms with Crippen molar-refractivity contribution < 1.29 is 71.0 Å². The van der Waals surface area contributed by atoms with Crippen molar-refractivity contribution in [3.8, 4) is 0 Å². The molecule has 2 fully saturated rings. The summed E-state index contributed by atoms with van der Waals surface area (Å²) in [5, 5.41) is 17.6. The molecule has 9 atom stereocenters. The van der Waals surface area contributed by atoms with Crippen molar-refractivity contribution in [1.82, 2.24) is 34.4 Å². The van der Waals surface area contributed by atoms with Gasteiger partial charge in [-0.2, -0.15) is 4.98 Å². The SMILES string of the molecule is [N-]=[N+]=Nc1ccccc1COC(=O)NCCCCC(N)C(=O)O[C@H]1[C@@H](O)[C@H](n2cnc3c(N)ncnc32)O[C@@H]1COP(=O)(O)O[C@H]1C[C@H](n2ccc(N)nc2=O)O[C@H]1COP(=O)(O)O. The summed E-state index contributed by atoms with van der Waals surface area (Å²) >= 11 is 0. The maximum atomic E-state index is 13.4. The lowest BCUT2D eigenvalue weighted by Gasteiger charge is -2.24. The quantitative estimate of drug-likeness (QED) is 0.0151. The fraction of sp³-hybridized carbons (Fsp3) is 0.485. The number of nitrogens with zero attached hydrogens (tertiary/aromatic N) is 9. The van der Waals surface area contributed by atoms with Crippen LogP contribution in [0.2, 0.25) is 0 Å². The molecule has 6 rings (SSSR count). The molecular weight excluding hydrogens is 896 g/mol. The van der Waals surface area contributed by atoms with Gasteiger partial charge in [0.25, 0.3) is 0 Å². The van der Waals surface area contributed by atoms with Crippen LogP contribution >= 0.6 is 15.6 Å². The first kappa shape index (κ1) is 47.8. The molecule has 2 unspecified atom stereocenters. The largest absolute Gasteiger partial charge is 0.472 e. The topological polar surface area (TPSA) is 431 Å². The number of phosphoric acid groups is 2. The Kier molecular flexibility index (Phi) is 15.6. The second-order valence-electron chi connectivity index (χ2n) is 14.1. The van der Waals surface area contributed by atoms with Crippen molar-refractivity contribution in [1.29, 1.82) is 0 Å². The summed E-state index contributed by atoms with van der Waals surface area (Å²) < 4.78 is 64.8. The number of aromatic nitrogens is 6. The number of carbonyl (C=O) groups excluding carboxylic acids is 2. The summed E-state index contributed by atoms with van der Waals surface area (Å²) in [6.07, 6.45) is -7.11. The molecule has 0 bridgehead atoms. The summed E-state index contributed by atoms with van der Waals surface area (Å²) in [5.74, 6) is -1.10. The molecule has 1 aromatic carbocycles. The molecule has 0 saturated carbocycles. The van der Waals surface area contributed by atoms with Gasteiger partial charge in [0.15, 0.2) is 23.8 Å². The number of nitrogens with two attached hydrogens (primary N) is 3. The molecule has 346 valence electrons. The number of fused-ring (bicyclic) bond motifs is 1. The van der Waals surface area contributed by atoms with E-state index in [0.717, 1.165) is 10.9 Å². The van der Waals surface area contributed by atoms with Gasteiger partial charge < -0.3 is 61.3 Å². The number of ether oxygens (including phenoxy) is 4. The third-order valence-electron chi connectivity index (χ3n) is 9.66. The highest BCUT2D eigenvalue weighted by atomic mass is 31.2. The third kappa shape index (κ3) is 12.3. The molecule has 3 aromatic heterocycles. The van der Waals surface area contributed by atoms with Crippen molar-refractivity contribution in [2.75, 3.05) is 31.2 Å². The highest BCUT2D eigenvalue weighted by Gasteiger charge is 2.50. The first-order valence-corrected chi connectivity index (χ1v) is 22.1. The van der Waals surface area contributed by atoms with Crippen molar-refractivity contribution in [2.45, 2.75) is 81.3 Å². The van der Waals surface area contributed by atoms with Gasteiger partial charge in [0, 0.05) is 29.8 Å². The Morgan fingerprint density at radius 3 is 2.56 bits per heavy atom. The number of carbonyl (C=O) groups is 2. The van der Waals surface area contributed by atoms with E-state index in [1.807, 2.05) is 0 Å². The Labute approximate surface area is 360 Å². The zero-order valence-electron chi connectivity index (χ0n) is 33.2. The molecule has 4 aromatic rings. The summed E-state index contributed by atoms with van der Waals surface area (Å²) in [7, 11) is -10.3. The molecule has 2 saturated heterocycles. The molecule has 2 aliphatic rings. The molecule has 64 heavy (non-hydrogen) atoms. The highest BCUT2D eigenvalue weighted by Crippen LogP contribution is 2.50. The molecule has 2 aliphatic heterocycles. The highest BCUT2D eigenvalue weighted by molar-refractivity contribution is 7.47. The van der Waals surface area contributed by atoms with E-state index < -0.39 is 95.6 Å². The van der Waals surface area contributed by atoms with Crippen LogP contribution in [0.3, 0.4) is 0 Å². The fourth-order valence-corrected chi connectivity index (χ4v) is 7.90. The number of amides is 1. The molecule has 1 amide bonds. The van der Waals surface area contributed by atoms with Gasteiger partial charge >= 0.3 is 33.4 Å². The number of hydrogen-bond acceptors (Lipinski definition) is 21. The van der Waals surface area contributed by atoms with Crippen LogP contribution in [-0.2, 0) is 53.1 Å². The van der Waals surface area contributed by atoms with Crippen LogP contribution in [0.25, 0.3) is 21.6 Å². The summed E-state index contributed by atoms with van der Waals surface area (Å²) in [4.78, 5) is 86.0. The van der Waals surface area contributed by atoms with Crippen LogP contribution in [0, 0.1) is 0 Å². The minimum absolute atomic E-state index is 0.00342. The first-order valence-electron chi connectivity index (χ1n) is 19.0. The van der Waals surface area contributed by atoms with E-state index >= 15 is 0 Å². The lowest BCUT2D eigenvalue weighted by atomic mass is 10.1. The number of imidazole rings is 1. The third-order valence-corrected chi connectivity index (χ3v) is 11.2. The van der Waals surface area contributed by atoms with Crippen LogP contribution in [0.1, 0.15) is 43.7 Å². The van der Waals surface area contributed by atoms with Crippen LogP contribution in [0.15, 0.2) is 59.1 Å². The van der Waals surface area contributed by atoms with Crippen LogP contribution in [0.5, 0.6) is 0 Å². The number of esters is 1. The molecule has 11 N–H and O–H groups in total. The van der Waals surface area contributed by atoms with Gasteiger partial charge in [0.05, 0.1) is 19.5 Å². The Bertz CT molecular complexity index is 2500. The van der Waals surface area contributed by atoms with Crippen LogP contribution in [-0.4, -0.2) is 117 Å². The number of benzene rings is 1. The summed E-state index contributed by atoms with van der Waals surface area (Å²) in [5.41, 5.74) is 26.5. The van der Waals surface area contributed by atoms with E-state index in [0.29, 0.717) is 24.1 Å². The number of phosphoric ester groups is 2.